The summed E-state index contributed by atoms with van der Waals surface area (Å²) in [5.41, 5.74) is 14.7. The van der Waals surface area contributed by atoms with Crippen molar-refractivity contribution in [2.24, 2.45) is 0 Å². The molecule has 2 aromatic heterocycles. The Balaban J connectivity index is 1.14. The summed E-state index contributed by atoms with van der Waals surface area (Å²) >= 11 is 0. The van der Waals surface area contributed by atoms with Crippen molar-refractivity contribution in [3.05, 3.63) is 119 Å². The quantitative estimate of drug-likeness (QED) is 0.0847. The second-order valence-electron chi connectivity index (χ2n) is 15.5. The van der Waals surface area contributed by atoms with Crippen LogP contribution in [-0.2, 0) is 18.3 Å². The summed E-state index contributed by atoms with van der Waals surface area (Å²) in [5, 5.41) is 0. The van der Waals surface area contributed by atoms with Gasteiger partial charge in [0.15, 0.2) is 0 Å². The van der Waals surface area contributed by atoms with E-state index in [4.69, 9.17) is 9.97 Å². The van der Waals surface area contributed by atoms with Crippen molar-refractivity contribution < 1.29 is 0 Å². The zero-order valence-corrected chi connectivity index (χ0v) is 32.3. The maximum atomic E-state index is 4.83. The van der Waals surface area contributed by atoms with Crippen LogP contribution in [0, 0.1) is 13.8 Å². The summed E-state index contributed by atoms with van der Waals surface area (Å²) < 4.78 is 4.50. The number of unbranched alkanes of at least 4 members (excludes halogenated alkanes) is 10. The molecule has 6 rings (SSSR count). The largest absolute Gasteiger partial charge is 0.299 e. The van der Waals surface area contributed by atoms with Gasteiger partial charge in [-0.25, -0.2) is 9.97 Å². The Bertz CT molecular complexity index is 1900. The Morgan fingerprint density at radius 3 is 1.31 bits per heavy atom. The molecule has 0 spiro atoms. The lowest BCUT2D eigenvalue weighted by atomic mass is 9.77. The van der Waals surface area contributed by atoms with Crippen molar-refractivity contribution in [2.75, 3.05) is 0 Å². The maximum absolute atomic E-state index is 4.83. The van der Waals surface area contributed by atoms with Gasteiger partial charge in [-0.3, -0.25) is 9.13 Å². The van der Waals surface area contributed by atoms with E-state index in [1.165, 1.54) is 133 Å². The van der Waals surface area contributed by atoms with Gasteiger partial charge in [0.05, 0.1) is 33.4 Å². The number of hydrogen-bond acceptors (Lipinski definition) is 2. The minimum Gasteiger partial charge on any atom is -0.299 e. The minimum atomic E-state index is -0.155. The highest BCUT2D eigenvalue weighted by Gasteiger charge is 2.25. The summed E-state index contributed by atoms with van der Waals surface area (Å²) in [5.74, 6) is 0. The van der Waals surface area contributed by atoms with Gasteiger partial charge in [-0.15, -0.1) is 0 Å². The fraction of sp³-hybridized carbons (Fsp3) is 0.447. The molecule has 268 valence electrons. The molecule has 0 aliphatic rings. The molecule has 0 amide bonds. The molecule has 0 N–H and O–H groups in total. The minimum absolute atomic E-state index is 0.155. The van der Waals surface area contributed by atoms with Crippen LogP contribution in [0.1, 0.15) is 138 Å². The summed E-state index contributed by atoms with van der Waals surface area (Å²) in [6.45, 7) is 13.7. The Morgan fingerprint density at radius 2 is 0.902 bits per heavy atom. The highest BCUT2D eigenvalue weighted by Crippen LogP contribution is 2.36. The van der Waals surface area contributed by atoms with Crippen LogP contribution in [0.3, 0.4) is 0 Å². The normalized spacial score (nSPS) is 12.0. The number of benzene rings is 4. The first kappa shape index (κ1) is 36.6. The predicted molar refractivity (Wildman–Crippen MR) is 218 cm³/mol. The standard InChI is InChI=1S/C47H60N4/c1-7-9-11-13-15-17-19-37-21-25-45-41(31-37)48-33-50(45)43-27-23-39(29-35(43)3)47(5,6)40-24-28-44(36(4)30-40)51-34-49-42-32-38(22-26-46(42)51)20-18-16-14-12-10-8-2/h21-34H,7-20H2,1-6H3. The van der Waals surface area contributed by atoms with E-state index >= 15 is 0 Å². The summed E-state index contributed by atoms with van der Waals surface area (Å²) in [6, 6.07) is 27.6. The molecule has 0 fully saturated rings. The van der Waals surface area contributed by atoms with Crippen LogP contribution in [0.25, 0.3) is 33.4 Å². The Hall–Kier alpha value is -4.18. The van der Waals surface area contributed by atoms with Gasteiger partial charge in [0.1, 0.15) is 12.7 Å². The van der Waals surface area contributed by atoms with Crippen molar-refractivity contribution in [3.8, 4) is 11.4 Å². The van der Waals surface area contributed by atoms with E-state index in [9.17, 15) is 0 Å². The molecule has 0 aliphatic carbocycles. The second-order valence-corrected chi connectivity index (χ2v) is 15.5. The third-order valence-corrected chi connectivity index (χ3v) is 11.2. The molecule has 4 nitrogen and oxygen atoms in total. The zero-order valence-electron chi connectivity index (χ0n) is 32.3. The molecule has 0 radical (unpaired) electrons. The molecule has 0 saturated carbocycles. The third-order valence-electron chi connectivity index (χ3n) is 11.2. The van der Waals surface area contributed by atoms with Crippen LogP contribution in [0.2, 0.25) is 0 Å². The molecule has 0 bridgehead atoms. The van der Waals surface area contributed by atoms with Crippen molar-refractivity contribution >= 4 is 22.1 Å². The summed E-state index contributed by atoms with van der Waals surface area (Å²) in [4.78, 5) is 9.65. The first-order valence-electron chi connectivity index (χ1n) is 19.9. The predicted octanol–water partition coefficient (Wildman–Crippen LogP) is 13.1. The fourth-order valence-electron chi connectivity index (χ4n) is 7.83. The van der Waals surface area contributed by atoms with E-state index in [0.29, 0.717) is 0 Å². The number of fused-ring (bicyclic) bond motifs is 2. The first-order valence-corrected chi connectivity index (χ1v) is 19.9. The van der Waals surface area contributed by atoms with E-state index in [-0.39, 0.29) is 5.41 Å². The number of aromatic nitrogens is 4. The van der Waals surface area contributed by atoms with Gasteiger partial charge in [0.25, 0.3) is 0 Å². The van der Waals surface area contributed by atoms with Crippen molar-refractivity contribution in [1.82, 2.24) is 19.1 Å². The lowest BCUT2D eigenvalue weighted by Gasteiger charge is -2.28. The first-order chi connectivity index (χ1) is 24.8. The Kier molecular flexibility index (Phi) is 12.1. The molecule has 0 atom stereocenters. The molecule has 0 saturated heterocycles. The van der Waals surface area contributed by atoms with Crippen LogP contribution in [0.15, 0.2) is 85.5 Å². The molecule has 51 heavy (non-hydrogen) atoms. The topological polar surface area (TPSA) is 35.6 Å². The average Bonchev–Trinajstić information content (AvgIpc) is 3.75. The lowest BCUT2D eigenvalue weighted by Crippen LogP contribution is -2.20. The smallest absolute Gasteiger partial charge is 0.100 e. The number of aryl methyl sites for hydroxylation is 4. The van der Waals surface area contributed by atoms with Crippen LogP contribution in [-0.4, -0.2) is 19.1 Å². The SMILES string of the molecule is CCCCCCCCc1ccc2c(c1)ncn2-c1ccc(C(C)(C)c2ccc(-n3cnc4cc(CCCCCCCC)ccc43)c(C)c2)cc1C. The highest BCUT2D eigenvalue weighted by molar-refractivity contribution is 5.79. The van der Waals surface area contributed by atoms with E-state index in [1.54, 1.807) is 0 Å². The van der Waals surface area contributed by atoms with E-state index in [0.717, 1.165) is 23.9 Å². The van der Waals surface area contributed by atoms with Gasteiger partial charge >= 0.3 is 0 Å². The van der Waals surface area contributed by atoms with Crippen LogP contribution in [0.5, 0.6) is 0 Å². The number of imidazole rings is 2. The zero-order chi connectivity index (χ0) is 35.8. The molecule has 0 unspecified atom stereocenters. The molecular weight excluding hydrogens is 621 g/mol. The Labute approximate surface area is 307 Å². The van der Waals surface area contributed by atoms with Gasteiger partial charge in [0.2, 0.25) is 0 Å². The second kappa shape index (κ2) is 16.9. The van der Waals surface area contributed by atoms with Crippen LogP contribution < -0.4 is 0 Å². The van der Waals surface area contributed by atoms with Gasteiger partial charge in [-0.05, 0) is 109 Å². The molecule has 6 aromatic rings. The summed E-state index contributed by atoms with van der Waals surface area (Å²) in [6.07, 6.45) is 22.2. The number of hydrogen-bond donors (Lipinski definition) is 0. The van der Waals surface area contributed by atoms with Crippen molar-refractivity contribution in [2.45, 2.75) is 137 Å². The summed E-state index contributed by atoms with van der Waals surface area (Å²) in [7, 11) is 0. The molecule has 0 aliphatic heterocycles. The van der Waals surface area contributed by atoms with E-state index in [2.05, 4.69) is 123 Å². The van der Waals surface area contributed by atoms with Crippen LogP contribution >= 0.6 is 0 Å². The monoisotopic (exact) mass is 680 g/mol. The van der Waals surface area contributed by atoms with Crippen molar-refractivity contribution in [1.29, 1.82) is 0 Å². The van der Waals surface area contributed by atoms with Gasteiger partial charge in [-0.2, -0.15) is 0 Å². The Morgan fingerprint density at radius 1 is 0.490 bits per heavy atom. The molecule has 2 heterocycles. The maximum Gasteiger partial charge on any atom is 0.100 e. The van der Waals surface area contributed by atoms with Crippen molar-refractivity contribution in [3.63, 3.8) is 0 Å². The highest BCUT2D eigenvalue weighted by atomic mass is 15.1. The van der Waals surface area contributed by atoms with Gasteiger partial charge in [0, 0.05) is 5.41 Å². The molecule has 4 aromatic carbocycles. The number of rotatable bonds is 18. The van der Waals surface area contributed by atoms with Gasteiger partial charge < -0.3 is 0 Å². The van der Waals surface area contributed by atoms with E-state index < -0.39 is 0 Å². The molecule has 4 heteroatoms. The lowest BCUT2D eigenvalue weighted by molar-refractivity contribution is 0.607. The third kappa shape index (κ3) is 8.49. The molecular formula is C47H60N4. The fourth-order valence-corrected chi connectivity index (χ4v) is 7.83. The van der Waals surface area contributed by atoms with Crippen LogP contribution in [0.4, 0.5) is 0 Å². The number of nitrogens with zero attached hydrogens (tertiary/aromatic N) is 4. The van der Waals surface area contributed by atoms with E-state index in [1.807, 2.05) is 12.7 Å². The van der Waals surface area contributed by atoms with Gasteiger partial charge in [-0.1, -0.05) is 128 Å². The average molecular weight is 681 g/mol.